The zero-order valence-corrected chi connectivity index (χ0v) is 19.8. The lowest BCUT2D eigenvalue weighted by atomic mass is 9.99. The molecule has 0 aliphatic carbocycles. The number of nitrogens with zero attached hydrogens (tertiary/aromatic N) is 2. The zero-order chi connectivity index (χ0) is 18.6. The molecule has 0 aromatic heterocycles. The maximum absolute atomic E-state index is 12.2. The Bertz CT molecular complexity index is 562. The number of rotatable bonds is 9. The second-order valence-electron chi connectivity index (χ2n) is 6.93. The molecule has 1 aromatic carbocycles. The van der Waals surface area contributed by atoms with Gasteiger partial charge in [-0.25, -0.2) is 0 Å². The van der Waals surface area contributed by atoms with Crippen molar-refractivity contribution < 1.29 is 4.21 Å². The summed E-state index contributed by atoms with van der Waals surface area (Å²) >= 11 is 0. The summed E-state index contributed by atoms with van der Waals surface area (Å²) in [6, 6.07) is 9.62. The SMILES string of the molecule is CCNC(=NCCCN1CCC(C)CC1)NCCS(=O)c1ccccc1.I. The lowest BCUT2D eigenvalue weighted by Gasteiger charge is -2.29. The minimum absolute atomic E-state index is 0. The fourth-order valence-corrected chi connectivity index (χ4v) is 4.05. The van der Waals surface area contributed by atoms with Crippen molar-refractivity contribution in [2.75, 3.05) is 45.0 Å². The standard InChI is InChI=1S/C20H34N4OS.HI/c1-3-21-20(22-12-7-14-24-15-10-18(2)11-16-24)23-13-17-26(25)19-8-5-4-6-9-19;/h4-6,8-9,18H,3,7,10-17H2,1-2H3,(H2,21,22,23);1H. The third-order valence-electron chi connectivity index (χ3n) is 4.71. The molecule has 0 spiro atoms. The second-order valence-corrected chi connectivity index (χ2v) is 8.50. The first-order chi connectivity index (χ1) is 12.7. The van der Waals surface area contributed by atoms with Crippen molar-refractivity contribution in [2.45, 2.75) is 38.0 Å². The van der Waals surface area contributed by atoms with E-state index in [1.165, 1.54) is 25.9 Å². The first-order valence-electron chi connectivity index (χ1n) is 9.87. The molecule has 1 aliphatic rings. The number of guanidine groups is 1. The number of nitrogens with one attached hydrogen (secondary N) is 2. The minimum atomic E-state index is -0.969. The topological polar surface area (TPSA) is 56.7 Å². The summed E-state index contributed by atoms with van der Waals surface area (Å²) in [6.45, 7) is 10.3. The Balaban J connectivity index is 0.00000364. The summed E-state index contributed by atoms with van der Waals surface area (Å²) in [6.07, 6.45) is 3.74. The van der Waals surface area contributed by atoms with Crippen molar-refractivity contribution in [3.05, 3.63) is 30.3 Å². The van der Waals surface area contributed by atoms with Crippen LogP contribution in [0.5, 0.6) is 0 Å². The van der Waals surface area contributed by atoms with Crippen LogP contribution in [-0.2, 0) is 10.8 Å². The van der Waals surface area contributed by atoms with Gasteiger partial charge in [0.25, 0.3) is 0 Å². The van der Waals surface area contributed by atoms with Gasteiger partial charge in [-0.05, 0) is 63.9 Å². The average molecular weight is 506 g/mol. The van der Waals surface area contributed by atoms with Crippen molar-refractivity contribution in [3.8, 4) is 0 Å². The first-order valence-corrected chi connectivity index (χ1v) is 11.2. The van der Waals surface area contributed by atoms with Crippen LogP contribution in [0.4, 0.5) is 0 Å². The first kappa shape index (κ1) is 24.4. The van der Waals surface area contributed by atoms with Gasteiger partial charge in [0, 0.05) is 30.3 Å². The minimum Gasteiger partial charge on any atom is -0.357 e. The van der Waals surface area contributed by atoms with Gasteiger partial charge < -0.3 is 15.5 Å². The molecule has 27 heavy (non-hydrogen) atoms. The maximum atomic E-state index is 12.2. The van der Waals surface area contributed by atoms with Gasteiger partial charge in [0.15, 0.2) is 5.96 Å². The van der Waals surface area contributed by atoms with Crippen LogP contribution >= 0.6 is 24.0 Å². The molecular formula is C20H35IN4OS. The van der Waals surface area contributed by atoms with Crippen LogP contribution < -0.4 is 10.6 Å². The number of benzene rings is 1. The van der Waals surface area contributed by atoms with Gasteiger partial charge in [-0.2, -0.15) is 0 Å². The zero-order valence-electron chi connectivity index (χ0n) is 16.7. The predicted octanol–water partition coefficient (Wildman–Crippen LogP) is 3.09. The number of hydrogen-bond acceptors (Lipinski definition) is 3. The van der Waals surface area contributed by atoms with Crippen molar-refractivity contribution in [1.29, 1.82) is 0 Å². The second kappa shape index (κ2) is 14.3. The Morgan fingerprint density at radius 3 is 2.59 bits per heavy atom. The van der Waals surface area contributed by atoms with Crippen molar-refractivity contribution in [1.82, 2.24) is 15.5 Å². The van der Waals surface area contributed by atoms with E-state index in [1.807, 2.05) is 30.3 Å². The monoisotopic (exact) mass is 506 g/mol. The van der Waals surface area contributed by atoms with E-state index in [9.17, 15) is 4.21 Å². The molecule has 0 saturated carbocycles. The van der Waals surface area contributed by atoms with E-state index in [0.29, 0.717) is 12.3 Å². The maximum Gasteiger partial charge on any atom is 0.191 e. The van der Waals surface area contributed by atoms with Crippen molar-refractivity contribution in [3.63, 3.8) is 0 Å². The van der Waals surface area contributed by atoms with E-state index < -0.39 is 10.8 Å². The smallest absolute Gasteiger partial charge is 0.191 e. The molecule has 154 valence electrons. The Morgan fingerprint density at radius 1 is 1.22 bits per heavy atom. The number of likely N-dealkylation sites (tertiary alicyclic amines) is 1. The van der Waals surface area contributed by atoms with Crippen molar-refractivity contribution in [2.24, 2.45) is 10.9 Å². The molecule has 2 rings (SSSR count). The van der Waals surface area contributed by atoms with E-state index in [2.05, 4.69) is 34.4 Å². The van der Waals surface area contributed by atoms with E-state index >= 15 is 0 Å². The van der Waals surface area contributed by atoms with Gasteiger partial charge >= 0.3 is 0 Å². The summed E-state index contributed by atoms with van der Waals surface area (Å²) in [5.41, 5.74) is 0. The molecule has 2 N–H and O–H groups in total. The largest absolute Gasteiger partial charge is 0.357 e. The Morgan fingerprint density at radius 2 is 1.93 bits per heavy atom. The highest BCUT2D eigenvalue weighted by Crippen LogP contribution is 2.15. The van der Waals surface area contributed by atoms with Gasteiger partial charge in [-0.1, -0.05) is 25.1 Å². The average Bonchev–Trinajstić information content (AvgIpc) is 2.67. The molecule has 1 atom stereocenters. The third-order valence-corrected chi connectivity index (χ3v) is 6.08. The fourth-order valence-electron chi connectivity index (χ4n) is 3.06. The van der Waals surface area contributed by atoms with Gasteiger partial charge in [0.1, 0.15) is 0 Å². The van der Waals surface area contributed by atoms with Crippen LogP contribution in [0.3, 0.4) is 0 Å². The summed E-state index contributed by atoms with van der Waals surface area (Å²) in [7, 11) is -0.969. The number of halogens is 1. The summed E-state index contributed by atoms with van der Waals surface area (Å²) in [5.74, 6) is 2.29. The molecule has 5 nitrogen and oxygen atoms in total. The molecule has 1 aliphatic heterocycles. The van der Waals surface area contributed by atoms with E-state index in [0.717, 1.165) is 42.8 Å². The van der Waals surface area contributed by atoms with Crippen LogP contribution in [0.2, 0.25) is 0 Å². The van der Waals surface area contributed by atoms with Crippen LogP contribution in [0.1, 0.15) is 33.1 Å². The molecule has 1 saturated heterocycles. The molecule has 0 bridgehead atoms. The Hall–Kier alpha value is -0.670. The number of hydrogen-bond donors (Lipinski definition) is 2. The Kier molecular flexibility index (Phi) is 12.9. The van der Waals surface area contributed by atoms with Gasteiger partial charge in [-0.3, -0.25) is 9.20 Å². The van der Waals surface area contributed by atoms with E-state index in [-0.39, 0.29) is 24.0 Å². The van der Waals surface area contributed by atoms with Crippen LogP contribution in [-0.4, -0.2) is 60.1 Å². The third kappa shape index (κ3) is 9.89. The number of piperidine rings is 1. The molecule has 0 radical (unpaired) electrons. The quantitative estimate of drug-likeness (QED) is 0.234. The lowest BCUT2D eigenvalue weighted by Crippen LogP contribution is -2.39. The molecule has 7 heteroatoms. The summed E-state index contributed by atoms with van der Waals surface area (Å²) in [5, 5.41) is 6.56. The molecule has 1 unspecified atom stereocenters. The molecular weight excluding hydrogens is 471 g/mol. The molecule has 1 aromatic rings. The van der Waals surface area contributed by atoms with Crippen LogP contribution in [0.25, 0.3) is 0 Å². The number of aliphatic imine (C=N–C) groups is 1. The normalized spacial score (nSPS) is 17.2. The van der Waals surface area contributed by atoms with Gasteiger partial charge in [0.2, 0.25) is 0 Å². The van der Waals surface area contributed by atoms with Crippen LogP contribution in [0.15, 0.2) is 40.2 Å². The molecule has 1 fully saturated rings. The van der Waals surface area contributed by atoms with E-state index in [4.69, 9.17) is 0 Å². The highest BCUT2D eigenvalue weighted by Gasteiger charge is 2.14. The van der Waals surface area contributed by atoms with Crippen LogP contribution in [0, 0.1) is 5.92 Å². The predicted molar refractivity (Wildman–Crippen MR) is 127 cm³/mol. The molecule has 0 amide bonds. The van der Waals surface area contributed by atoms with Gasteiger partial charge in [0.05, 0.1) is 10.8 Å². The highest BCUT2D eigenvalue weighted by molar-refractivity contribution is 14.0. The van der Waals surface area contributed by atoms with E-state index in [1.54, 1.807) is 0 Å². The van der Waals surface area contributed by atoms with Gasteiger partial charge in [-0.15, -0.1) is 24.0 Å². The summed E-state index contributed by atoms with van der Waals surface area (Å²) in [4.78, 5) is 8.09. The summed E-state index contributed by atoms with van der Waals surface area (Å²) < 4.78 is 12.2. The Labute approximate surface area is 184 Å². The highest BCUT2D eigenvalue weighted by atomic mass is 127. The van der Waals surface area contributed by atoms with Crippen molar-refractivity contribution >= 4 is 40.7 Å². The lowest BCUT2D eigenvalue weighted by molar-refractivity contribution is 0.192. The molecule has 1 heterocycles. The fraction of sp³-hybridized carbons (Fsp3) is 0.650.